The molecule has 4 fully saturated rings. The summed E-state index contributed by atoms with van der Waals surface area (Å²) >= 11 is 0. The van der Waals surface area contributed by atoms with E-state index < -0.39 is 61.7 Å². The maximum Gasteiger partial charge on any atom is 0.315 e. The summed E-state index contributed by atoms with van der Waals surface area (Å²) in [5, 5.41) is 11.0. The molecule has 1 aliphatic heterocycles. The summed E-state index contributed by atoms with van der Waals surface area (Å²) in [5.41, 5.74) is -1.07. The smallest absolute Gasteiger partial charge is 0.315 e. The number of amides is 5. The number of hydrogen-bond donors (Lipinski definition) is 4. The summed E-state index contributed by atoms with van der Waals surface area (Å²) in [5.74, 6) is -2.47. The number of nitrogens with one attached hydrogen (secondary N) is 4. The molecule has 3 aliphatic carbocycles. The van der Waals surface area contributed by atoms with E-state index in [4.69, 9.17) is 0 Å². The molecule has 13 heteroatoms. The number of piperidine rings is 1. The monoisotopic (exact) mass is 637 g/mol. The van der Waals surface area contributed by atoms with E-state index in [0.29, 0.717) is 32.2 Å². The zero-order chi connectivity index (χ0) is 32.7. The number of sulfone groups is 1. The number of nitrogens with zero attached hydrogens (tertiary/aromatic N) is 1. The number of carbonyl (C=O) groups is 5. The quantitative estimate of drug-likeness (QED) is 0.237. The Morgan fingerprint density at radius 3 is 2.20 bits per heavy atom. The highest BCUT2D eigenvalue weighted by atomic mass is 32.2. The topological polar surface area (TPSA) is 171 Å². The summed E-state index contributed by atoms with van der Waals surface area (Å²) in [7, 11) is -3.52. The number of Topliss-reactive ketones (excluding diaryl/α,β-unsaturated/α-hetero) is 1. The van der Waals surface area contributed by atoms with Crippen LogP contribution in [0.25, 0.3) is 0 Å². The van der Waals surface area contributed by atoms with E-state index in [1.54, 1.807) is 20.8 Å². The minimum absolute atomic E-state index is 0.0148. The van der Waals surface area contributed by atoms with E-state index in [1.165, 1.54) is 4.90 Å². The van der Waals surface area contributed by atoms with Crippen molar-refractivity contribution in [1.29, 1.82) is 0 Å². The van der Waals surface area contributed by atoms with Crippen molar-refractivity contribution < 1.29 is 32.4 Å². The average molecular weight is 638 g/mol. The second-order valence-electron chi connectivity index (χ2n) is 14.9. The Morgan fingerprint density at radius 1 is 1.00 bits per heavy atom. The summed E-state index contributed by atoms with van der Waals surface area (Å²) in [6.07, 6.45) is 6.18. The lowest BCUT2D eigenvalue weighted by Crippen LogP contribution is -2.59. The number of urea groups is 1. The highest BCUT2D eigenvalue weighted by Gasteiger charge is 2.69. The number of ketones is 1. The molecule has 5 amide bonds. The van der Waals surface area contributed by atoms with Gasteiger partial charge in [0.25, 0.3) is 5.91 Å². The second-order valence-corrected chi connectivity index (χ2v) is 17.7. The van der Waals surface area contributed by atoms with E-state index in [0.717, 1.165) is 32.1 Å². The van der Waals surface area contributed by atoms with Crippen molar-refractivity contribution in [3.8, 4) is 0 Å². The first-order valence-corrected chi connectivity index (χ1v) is 17.8. The molecule has 0 bridgehead atoms. The minimum Gasteiger partial charge on any atom is -0.347 e. The van der Waals surface area contributed by atoms with Gasteiger partial charge in [-0.3, -0.25) is 19.2 Å². The zero-order valence-electron chi connectivity index (χ0n) is 27.1. The lowest BCUT2D eigenvalue weighted by molar-refractivity contribution is -0.143. The molecule has 1 saturated heterocycles. The van der Waals surface area contributed by atoms with Crippen LogP contribution in [0.3, 0.4) is 0 Å². The Morgan fingerprint density at radius 2 is 1.64 bits per heavy atom. The molecule has 248 valence electrons. The Balaban J connectivity index is 1.40. The SMILES string of the molecule is CCC[C@H](NC(=O)[C@@H]1[C@@H]2[C@H](CN1C(=O)CNC(=O)NC1(CS(=O)(=O)C(C)(C)C)CCCCC1)C2(C)C)C(=O)C(=O)NC1CC1. The van der Waals surface area contributed by atoms with Gasteiger partial charge in [-0.1, -0.05) is 46.5 Å². The molecule has 0 aromatic heterocycles. The van der Waals surface area contributed by atoms with Crippen molar-refractivity contribution in [1.82, 2.24) is 26.2 Å². The van der Waals surface area contributed by atoms with Gasteiger partial charge >= 0.3 is 6.03 Å². The van der Waals surface area contributed by atoms with Gasteiger partial charge in [0.2, 0.25) is 17.6 Å². The van der Waals surface area contributed by atoms with Gasteiger partial charge in [-0.05, 0) is 70.1 Å². The molecule has 4 rings (SSSR count). The van der Waals surface area contributed by atoms with E-state index in [2.05, 4.69) is 21.3 Å². The van der Waals surface area contributed by atoms with Crippen LogP contribution in [0.2, 0.25) is 0 Å². The third-order valence-corrected chi connectivity index (χ3v) is 12.9. The molecule has 0 radical (unpaired) electrons. The average Bonchev–Trinajstić information content (AvgIpc) is 3.77. The number of rotatable bonds is 12. The number of fused-ring (bicyclic) bond motifs is 1. The van der Waals surface area contributed by atoms with Crippen LogP contribution in [0.15, 0.2) is 0 Å². The first-order chi connectivity index (χ1) is 20.4. The van der Waals surface area contributed by atoms with Gasteiger partial charge in [0.15, 0.2) is 9.84 Å². The van der Waals surface area contributed by atoms with Gasteiger partial charge < -0.3 is 26.2 Å². The molecular weight excluding hydrogens is 586 g/mol. The normalized spacial score (nSPS) is 26.1. The van der Waals surface area contributed by atoms with Crippen molar-refractivity contribution in [2.75, 3.05) is 18.8 Å². The van der Waals surface area contributed by atoms with Crippen molar-refractivity contribution in [2.45, 2.75) is 128 Å². The van der Waals surface area contributed by atoms with Crippen molar-refractivity contribution in [3.05, 3.63) is 0 Å². The van der Waals surface area contributed by atoms with Gasteiger partial charge in [-0.15, -0.1) is 0 Å². The second kappa shape index (κ2) is 12.6. The number of likely N-dealkylation sites (tertiary alicyclic amines) is 1. The highest BCUT2D eigenvalue weighted by molar-refractivity contribution is 7.92. The van der Waals surface area contributed by atoms with Crippen LogP contribution in [0.4, 0.5) is 4.79 Å². The molecule has 0 aromatic rings. The first kappa shape index (κ1) is 34.2. The molecule has 1 heterocycles. The summed E-state index contributed by atoms with van der Waals surface area (Å²) in [4.78, 5) is 66.9. The van der Waals surface area contributed by atoms with Gasteiger partial charge in [0, 0.05) is 12.6 Å². The van der Waals surface area contributed by atoms with Crippen LogP contribution in [0.1, 0.15) is 99.3 Å². The summed E-state index contributed by atoms with van der Waals surface area (Å²) in [6, 6.07) is -2.41. The van der Waals surface area contributed by atoms with Crippen LogP contribution >= 0.6 is 0 Å². The van der Waals surface area contributed by atoms with Gasteiger partial charge in [0.1, 0.15) is 6.04 Å². The fourth-order valence-corrected chi connectivity index (χ4v) is 8.48. The van der Waals surface area contributed by atoms with Crippen LogP contribution < -0.4 is 21.3 Å². The third-order valence-electron chi connectivity index (χ3n) is 10.1. The van der Waals surface area contributed by atoms with E-state index >= 15 is 0 Å². The highest BCUT2D eigenvalue weighted by Crippen LogP contribution is 2.64. The maximum absolute atomic E-state index is 13.6. The number of carbonyl (C=O) groups excluding carboxylic acids is 5. The predicted octanol–water partition coefficient (Wildman–Crippen LogP) is 1.82. The molecule has 4 atom stereocenters. The fourth-order valence-electron chi connectivity index (χ4n) is 6.96. The molecule has 0 aromatic carbocycles. The Kier molecular flexibility index (Phi) is 9.78. The third kappa shape index (κ3) is 7.39. The maximum atomic E-state index is 13.6. The van der Waals surface area contributed by atoms with Gasteiger partial charge in [0.05, 0.1) is 28.6 Å². The Bertz CT molecular complexity index is 1260. The minimum atomic E-state index is -3.52. The van der Waals surface area contributed by atoms with Crippen LogP contribution in [0.5, 0.6) is 0 Å². The van der Waals surface area contributed by atoms with E-state index in [9.17, 15) is 32.4 Å². The molecule has 3 saturated carbocycles. The molecule has 12 nitrogen and oxygen atoms in total. The van der Waals surface area contributed by atoms with Gasteiger partial charge in [-0.25, -0.2) is 13.2 Å². The Labute approximate surface area is 261 Å². The molecule has 0 unspecified atom stereocenters. The van der Waals surface area contributed by atoms with Crippen molar-refractivity contribution in [3.63, 3.8) is 0 Å². The van der Waals surface area contributed by atoms with Crippen molar-refractivity contribution in [2.24, 2.45) is 17.3 Å². The molecule has 44 heavy (non-hydrogen) atoms. The Hall–Kier alpha value is -2.70. The van der Waals surface area contributed by atoms with Crippen LogP contribution in [-0.4, -0.2) is 90.1 Å². The fraction of sp³-hybridized carbons (Fsp3) is 0.839. The van der Waals surface area contributed by atoms with Gasteiger partial charge in [-0.2, -0.15) is 0 Å². The molecule has 0 spiro atoms. The van der Waals surface area contributed by atoms with Crippen LogP contribution in [0, 0.1) is 17.3 Å². The molecule has 4 N–H and O–H groups in total. The molecule has 4 aliphatic rings. The lowest BCUT2D eigenvalue weighted by Gasteiger charge is -2.39. The molecular formula is C31H51N5O7S. The van der Waals surface area contributed by atoms with E-state index in [1.807, 2.05) is 20.8 Å². The summed E-state index contributed by atoms with van der Waals surface area (Å²) in [6.45, 7) is 10.9. The standard InChI is InChI=1S/C31H51N5O7S/c1-7-11-21(25(38)27(40)33-19-12-13-19)34-26(39)24-23-20(30(23,5)6)17-36(24)22(37)16-32-28(41)35-31(14-9-8-10-15-31)18-44(42,43)29(2,3)4/h19-21,23-24H,7-18H2,1-6H3,(H,33,40)(H,34,39)(H2,32,35,41)/t20-,21-,23-,24-/m0/s1. The van der Waals surface area contributed by atoms with Crippen molar-refractivity contribution >= 4 is 39.4 Å². The van der Waals surface area contributed by atoms with Crippen LogP contribution in [-0.2, 0) is 29.0 Å². The largest absolute Gasteiger partial charge is 0.347 e. The number of hydrogen-bond acceptors (Lipinski definition) is 7. The summed E-state index contributed by atoms with van der Waals surface area (Å²) < 4.78 is 25.2. The lowest BCUT2D eigenvalue weighted by atomic mass is 9.83. The first-order valence-electron chi connectivity index (χ1n) is 16.2. The zero-order valence-corrected chi connectivity index (χ0v) is 27.9. The predicted molar refractivity (Wildman–Crippen MR) is 165 cm³/mol. The van der Waals surface area contributed by atoms with E-state index in [-0.39, 0.29) is 35.6 Å².